The van der Waals surface area contributed by atoms with Crippen molar-refractivity contribution in [3.63, 3.8) is 0 Å². The van der Waals surface area contributed by atoms with E-state index in [-0.39, 0.29) is 18.2 Å². The van der Waals surface area contributed by atoms with Crippen LogP contribution in [-0.2, 0) is 11.3 Å². The van der Waals surface area contributed by atoms with Crippen LogP contribution >= 0.6 is 46.4 Å². The number of amides is 1. The molecular weight excluding hydrogens is 328 g/mol. The van der Waals surface area contributed by atoms with Gasteiger partial charge in [0.25, 0.3) is 0 Å². The summed E-state index contributed by atoms with van der Waals surface area (Å²) < 4.78 is -1.43. The molecule has 0 aromatic heterocycles. The van der Waals surface area contributed by atoms with Crippen molar-refractivity contribution in [3.05, 3.63) is 34.3 Å². The number of alkyl halides is 3. The third-order valence-electron chi connectivity index (χ3n) is 2.87. The van der Waals surface area contributed by atoms with E-state index in [4.69, 9.17) is 46.4 Å². The average Bonchev–Trinajstić information content (AvgIpc) is 2.27. The minimum Gasteiger partial charge on any atom is -0.352 e. The van der Waals surface area contributed by atoms with Gasteiger partial charge in [0.15, 0.2) is 3.79 Å². The topological polar surface area (TPSA) is 29.1 Å². The van der Waals surface area contributed by atoms with Gasteiger partial charge in [0.2, 0.25) is 5.91 Å². The first-order chi connectivity index (χ1) is 8.71. The van der Waals surface area contributed by atoms with Crippen LogP contribution in [0.3, 0.4) is 0 Å². The molecule has 1 aromatic carbocycles. The molecule has 0 fully saturated rings. The van der Waals surface area contributed by atoms with Crippen LogP contribution in [0.1, 0.15) is 24.5 Å². The normalized spacial score (nSPS) is 13.2. The van der Waals surface area contributed by atoms with Gasteiger partial charge in [-0.25, -0.2) is 0 Å². The van der Waals surface area contributed by atoms with Crippen molar-refractivity contribution >= 4 is 52.3 Å². The summed E-state index contributed by atoms with van der Waals surface area (Å²) in [5.41, 5.74) is 1.93. The molecule has 0 saturated heterocycles. The third-order valence-corrected chi connectivity index (χ3v) is 4.34. The molecule has 106 valence electrons. The molecule has 1 aromatic rings. The van der Waals surface area contributed by atoms with E-state index in [0.29, 0.717) is 11.6 Å². The summed E-state index contributed by atoms with van der Waals surface area (Å²) in [4.78, 5) is 11.8. The Kier molecular flexibility index (Phi) is 6.25. The molecular formula is C13H15Cl4NO. The van der Waals surface area contributed by atoms with Crippen LogP contribution in [0.4, 0.5) is 0 Å². The van der Waals surface area contributed by atoms with Gasteiger partial charge in [-0.1, -0.05) is 65.5 Å². The molecule has 0 bridgehead atoms. The first-order valence-corrected chi connectivity index (χ1v) is 7.30. The van der Waals surface area contributed by atoms with E-state index in [2.05, 4.69) is 5.32 Å². The van der Waals surface area contributed by atoms with Crippen LogP contribution in [0.5, 0.6) is 0 Å². The van der Waals surface area contributed by atoms with Gasteiger partial charge < -0.3 is 5.32 Å². The Hall–Kier alpha value is -0.150. The lowest BCUT2D eigenvalue weighted by Crippen LogP contribution is -2.28. The summed E-state index contributed by atoms with van der Waals surface area (Å²) >= 11 is 23.3. The third kappa shape index (κ3) is 5.39. The number of carbonyl (C=O) groups excluding carboxylic acids is 1. The number of halogens is 4. The van der Waals surface area contributed by atoms with Crippen molar-refractivity contribution in [2.45, 2.75) is 30.6 Å². The fraction of sp³-hybridized carbons (Fsp3) is 0.462. The Balaban J connectivity index is 2.56. The molecule has 6 heteroatoms. The number of carbonyl (C=O) groups is 1. The van der Waals surface area contributed by atoms with Crippen LogP contribution in [-0.4, -0.2) is 9.70 Å². The van der Waals surface area contributed by atoms with Crippen molar-refractivity contribution in [2.75, 3.05) is 0 Å². The van der Waals surface area contributed by atoms with Crippen molar-refractivity contribution in [1.29, 1.82) is 0 Å². The van der Waals surface area contributed by atoms with Crippen LogP contribution < -0.4 is 5.32 Å². The Morgan fingerprint density at radius 1 is 1.37 bits per heavy atom. The number of aryl methyl sites for hydroxylation is 1. The zero-order chi connectivity index (χ0) is 14.6. The van der Waals surface area contributed by atoms with E-state index in [1.54, 1.807) is 13.0 Å². The number of rotatable bonds is 4. The highest BCUT2D eigenvalue weighted by Crippen LogP contribution is 2.36. The summed E-state index contributed by atoms with van der Waals surface area (Å²) in [7, 11) is 0. The number of benzene rings is 1. The molecule has 1 rings (SSSR count). The quantitative estimate of drug-likeness (QED) is 0.792. The second-order valence-corrected chi connectivity index (χ2v) is 7.23. The largest absolute Gasteiger partial charge is 0.352 e. The van der Waals surface area contributed by atoms with Crippen molar-refractivity contribution < 1.29 is 4.79 Å². The predicted molar refractivity (Wildman–Crippen MR) is 82.1 cm³/mol. The van der Waals surface area contributed by atoms with Crippen LogP contribution in [0.25, 0.3) is 0 Å². The molecule has 1 N–H and O–H groups in total. The SMILES string of the molecule is Cc1cccc(Cl)c1CNC(=O)C[C@@H](C)C(Cl)(Cl)Cl. The van der Waals surface area contributed by atoms with E-state index < -0.39 is 3.79 Å². The van der Waals surface area contributed by atoms with Gasteiger partial charge in [0.05, 0.1) is 0 Å². The van der Waals surface area contributed by atoms with E-state index in [1.165, 1.54) is 0 Å². The fourth-order valence-corrected chi connectivity index (χ4v) is 2.06. The highest BCUT2D eigenvalue weighted by Gasteiger charge is 2.30. The minimum absolute atomic E-state index is 0.153. The second-order valence-electron chi connectivity index (χ2n) is 4.46. The van der Waals surface area contributed by atoms with E-state index in [1.807, 2.05) is 19.1 Å². The minimum atomic E-state index is -1.43. The molecule has 0 aliphatic carbocycles. The molecule has 0 unspecified atom stereocenters. The first kappa shape index (κ1) is 16.9. The van der Waals surface area contributed by atoms with Crippen LogP contribution in [0.2, 0.25) is 5.02 Å². The molecule has 0 saturated carbocycles. The second kappa shape index (κ2) is 7.03. The molecule has 0 heterocycles. The predicted octanol–water partition coefficient (Wildman–Crippen LogP) is 4.66. The lowest BCUT2D eigenvalue weighted by atomic mass is 10.1. The van der Waals surface area contributed by atoms with Crippen molar-refractivity contribution in [1.82, 2.24) is 5.32 Å². The average molecular weight is 343 g/mol. The van der Waals surface area contributed by atoms with Gasteiger partial charge in [-0.3, -0.25) is 4.79 Å². The van der Waals surface area contributed by atoms with Crippen LogP contribution in [0.15, 0.2) is 18.2 Å². The summed E-state index contributed by atoms with van der Waals surface area (Å²) in [5.74, 6) is -0.525. The molecule has 0 aliphatic rings. The summed E-state index contributed by atoms with van der Waals surface area (Å²) in [6, 6.07) is 5.60. The maximum absolute atomic E-state index is 11.8. The smallest absolute Gasteiger partial charge is 0.220 e. The highest BCUT2D eigenvalue weighted by molar-refractivity contribution is 6.67. The zero-order valence-corrected chi connectivity index (χ0v) is 13.7. The Morgan fingerprint density at radius 3 is 2.53 bits per heavy atom. The maximum Gasteiger partial charge on any atom is 0.220 e. The highest BCUT2D eigenvalue weighted by atomic mass is 35.6. The Bertz CT molecular complexity index is 436. The molecule has 2 nitrogen and oxygen atoms in total. The fourth-order valence-electron chi connectivity index (χ4n) is 1.54. The first-order valence-electron chi connectivity index (χ1n) is 5.79. The van der Waals surface area contributed by atoms with Gasteiger partial charge >= 0.3 is 0 Å². The van der Waals surface area contributed by atoms with Gasteiger partial charge in [-0.05, 0) is 24.1 Å². The molecule has 0 radical (unpaired) electrons. The molecule has 1 amide bonds. The Morgan fingerprint density at radius 2 is 2.00 bits per heavy atom. The monoisotopic (exact) mass is 341 g/mol. The number of hydrogen-bond acceptors (Lipinski definition) is 1. The van der Waals surface area contributed by atoms with E-state index in [0.717, 1.165) is 11.1 Å². The molecule has 0 aliphatic heterocycles. The maximum atomic E-state index is 11.8. The van der Waals surface area contributed by atoms with Crippen LogP contribution in [0, 0.1) is 12.8 Å². The molecule has 1 atom stereocenters. The summed E-state index contributed by atoms with van der Waals surface area (Å²) in [6.45, 7) is 4.03. The summed E-state index contributed by atoms with van der Waals surface area (Å²) in [5, 5.41) is 3.42. The lowest BCUT2D eigenvalue weighted by Gasteiger charge is -2.19. The van der Waals surface area contributed by atoms with Gasteiger partial charge in [-0.2, -0.15) is 0 Å². The van der Waals surface area contributed by atoms with E-state index >= 15 is 0 Å². The molecule has 19 heavy (non-hydrogen) atoms. The lowest BCUT2D eigenvalue weighted by molar-refractivity contribution is -0.122. The van der Waals surface area contributed by atoms with Crippen molar-refractivity contribution in [3.8, 4) is 0 Å². The zero-order valence-electron chi connectivity index (χ0n) is 10.6. The van der Waals surface area contributed by atoms with Crippen molar-refractivity contribution in [2.24, 2.45) is 5.92 Å². The van der Waals surface area contributed by atoms with Gasteiger partial charge in [0.1, 0.15) is 0 Å². The van der Waals surface area contributed by atoms with E-state index in [9.17, 15) is 4.79 Å². The summed E-state index contributed by atoms with van der Waals surface area (Å²) in [6.07, 6.45) is 0.153. The standard InChI is InChI=1S/C13H15Cl4NO/c1-8-4-3-5-11(14)10(8)7-18-12(19)6-9(2)13(15,16)17/h3-5,9H,6-7H2,1-2H3,(H,18,19)/t9-/m1/s1. The van der Waals surface area contributed by atoms with Gasteiger partial charge in [-0.15, -0.1) is 0 Å². The number of nitrogens with one attached hydrogen (secondary N) is 1. The van der Waals surface area contributed by atoms with Gasteiger partial charge in [0, 0.05) is 23.9 Å². The number of hydrogen-bond donors (Lipinski definition) is 1. The molecule has 0 spiro atoms. The Labute approximate surface area is 133 Å².